The van der Waals surface area contributed by atoms with Gasteiger partial charge in [0.1, 0.15) is 11.5 Å². The number of amides is 1. The van der Waals surface area contributed by atoms with Crippen LogP contribution in [0.15, 0.2) is 48.9 Å². The van der Waals surface area contributed by atoms with Gasteiger partial charge in [0.15, 0.2) is 0 Å². The summed E-state index contributed by atoms with van der Waals surface area (Å²) in [7, 11) is 0. The van der Waals surface area contributed by atoms with Crippen molar-refractivity contribution in [2.24, 2.45) is 0 Å². The lowest BCUT2D eigenvalue weighted by molar-refractivity contribution is 0.102. The maximum absolute atomic E-state index is 12.4. The Balaban J connectivity index is 1.90. The summed E-state index contributed by atoms with van der Waals surface area (Å²) in [4.78, 5) is 24.6. The normalized spacial score (nSPS) is 10.5. The maximum atomic E-state index is 12.4. The average molecular weight is 339 g/mol. The SMILES string of the molecule is Cc1cc(C(=O)Nc2ccc(C)c(-c3cc(Cl)ncn3)c2)ccn1. The van der Waals surface area contributed by atoms with Crippen LogP contribution < -0.4 is 5.32 Å². The summed E-state index contributed by atoms with van der Waals surface area (Å²) in [6.45, 7) is 3.82. The fourth-order valence-electron chi connectivity index (χ4n) is 2.35. The van der Waals surface area contributed by atoms with E-state index in [-0.39, 0.29) is 5.91 Å². The number of hydrogen-bond donors (Lipinski definition) is 1. The molecule has 2 heterocycles. The van der Waals surface area contributed by atoms with Gasteiger partial charge in [-0.3, -0.25) is 9.78 Å². The van der Waals surface area contributed by atoms with E-state index in [2.05, 4.69) is 20.3 Å². The fourth-order valence-corrected chi connectivity index (χ4v) is 2.49. The number of nitrogens with one attached hydrogen (secondary N) is 1. The molecule has 0 aliphatic carbocycles. The minimum atomic E-state index is -0.184. The van der Waals surface area contributed by atoms with E-state index in [1.165, 1.54) is 6.33 Å². The third-order valence-corrected chi connectivity index (χ3v) is 3.77. The molecule has 1 N–H and O–H groups in total. The molecular weight excluding hydrogens is 324 g/mol. The van der Waals surface area contributed by atoms with Gasteiger partial charge in [-0.05, 0) is 43.7 Å². The number of carbonyl (C=O) groups excluding carboxylic acids is 1. The molecule has 0 unspecified atom stereocenters. The number of carbonyl (C=O) groups is 1. The van der Waals surface area contributed by atoms with E-state index in [1.807, 2.05) is 32.0 Å². The Labute approximate surface area is 144 Å². The van der Waals surface area contributed by atoms with Crippen LogP contribution in [0.5, 0.6) is 0 Å². The summed E-state index contributed by atoms with van der Waals surface area (Å²) in [6, 6.07) is 10.8. The van der Waals surface area contributed by atoms with Crippen molar-refractivity contribution < 1.29 is 4.79 Å². The monoisotopic (exact) mass is 338 g/mol. The Morgan fingerprint density at radius 1 is 1.04 bits per heavy atom. The molecule has 0 bridgehead atoms. The molecule has 0 saturated heterocycles. The van der Waals surface area contributed by atoms with Gasteiger partial charge in [-0.1, -0.05) is 17.7 Å². The molecule has 120 valence electrons. The Kier molecular flexibility index (Phi) is 4.53. The lowest BCUT2D eigenvalue weighted by Crippen LogP contribution is -2.12. The number of aryl methyl sites for hydroxylation is 2. The van der Waals surface area contributed by atoms with E-state index in [0.29, 0.717) is 22.1 Å². The van der Waals surface area contributed by atoms with Crippen LogP contribution in [-0.4, -0.2) is 20.9 Å². The lowest BCUT2D eigenvalue weighted by Gasteiger charge is -2.10. The number of nitrogens with zero attached hydrogens (tertiary/aromatic N) is 3. The molecule has 24 heavy (non-hydrogen) atoms. The molecule has 1 aromatic carbocycles. The molecule has 0 atom stereocenters. The maximum Gasteiger partial charge on any atom is 0.255 e. The molecule has 5 nitrogen and oxygen atoms in total. The van der Waals surface area contributed by atoms with Crippen LogP contribution in [0.1, 0.15) is 21.6 Å². The van der Waals surface area contributed by atoms with Crippen molar-refractivity contribution in [3.8, 4) is 11.3 Å². The van der Waals surface area contributed by atoms with Gasteiger partial charge in [-0.25, -0.2) is 9.97 Å². The van der Waals surface area contributed by atoms with E-state index in [0.717, 1.165) is 16.8 Å². The molecule has 0 spiro atoms. The summed E-state index contributed by atoms with van der Waals surface area (Å²) in [6.07, 6.45) is 3.04. The predicted octanol–water partition coefficient (Wildman–Crippen LogP) is 4.06. The molecule has 1 amide bonds. The largest absolute Gasteiger partial charge is 0.322 e. The zero-order valence-electron chi connectivity index (χ0n) is 13.2. The first-order valence-corrected chi connectivity index (χ1v) is 7.73. The van der Waals surface area contributed by atoms with Crippen LogP contribution in [0.4, 0.5) is 5.69 Å². The first kappa shape index (κ1) is 16.1. The van der Waals surface area contributed by atoms with Crippen LogP contribution >= 0.6 is 11.6 Å². The van der Waals surface area contributed by atoms with Gasteiger partial charge in [0.25, 0.3) is 5.91 Å². The van der Waals surface area contributed by atoms with Crippen molar-refractivity contribution in [2.45, 2.75) is 13.8 Å². The van der Waals surface area contributed by atoms with E-state index >= 15 is 0 Å². The molecule has 0 radical (unpaired) electrons. The highest BCUT2D eigenvalue weighted by atomic mass is 35.5. The van der Waals surface area contributed by atoms with Crippen molar-refractivity contribution in [1.82, 2.24) is 15.0 Å². The van der Waals surface area contributed by atoms with E-state index in [4.69, 9.17) is 11.6 Å². The Hall–Kier alpha value is -2.79. The zero-order chi connectivity index (χ0) is 17.1. The van der Waals surface area contributed by atoms with E-state index in [9.17, 15) is 4.79 Å². The van der Waals surface area contributed by atoms with Crippen molar-refractivity contribution in [1.29, 1.82) is 0 Å². The second kappa shape index (κ2) is 6.76. The van der Waals surface area contributed by atoms with E-state index in [1.54, 1.807) is 24.4 Å². The highest BCUT2D eigenvalue weighted by molar-refractivity contribution is 6.29. The number of pyridine rings is 1. The minimum Gasteiger partial charge on any atom is -0.322 e. The van der Waals surface area contributed by atoms with Crippen LogP contribution in [0.25, 0.3) is 11.3 Å². The third-order valence-electron chi connectivity index (χ3n) is 3.56. The smallest absolute Gasteiger partial charge is 0.255 e. The summed E-state index contributed by atoms with van der Waals surface area (Å²) in [5.74, 6) is -0.184. The van der Waals surface area contributed by atoms with Crippen LogP contribution in [-0.2, 0) is 0 Å². The van der Waals surface area contributed by atoms with Gasteiger partial charge in [0.05, 0.1) is 5.69 Å². The molecule has 0 saturated carbocycles. The number of anilines is 1. The molecule has 3 aromatic rings. The average Bonchev–Trinajstić information content (AvgIpc) is 2.56. The number of aromatic nitrogens is 3. The highest BCUT2D eigenvalue weighted by Crippen LogP contribution is 2.26. The molecule has 3 rings (SSSR count). The Morgan fingerprint density at radius 2 is 1.88 bits per heavy atom. The first-order chi connectivity index (χ1) is 11.5. The van der Waals surface area contributed by atoms with Gasteiger partial charge in [-0.2, -0.15) is 0 Å². The van der Waals surface area contributed by atoms with Crippen LogP contribution in [0.3, 0.4) is 0 Å². The van der Waals surface area contributed by atoms with E-state index < -0.39 is 0 Å². The Bertz CT molecular complexity index is 911. The lowest BCUT2D eigenvalue weighted by atomic mass is 10.0. The van der Waals surface area contributed by atoms with Gasteiger partial charge in [0, 0.05) is 34.8 Å². The second-order valence-corrected chi connectivity index (χ2v) is 5.78. The van der Waals surface area contributed by atoms with Crippen molar-refractivity contribution in [2.75, 3.05) is 5.32 Å². The topological polar surface area (TPSA) is 67.8 Å². The zero-order valence-corrected chi connectivity index (χ0v) is 14.0. The predicted molar refractivity (Wildman–Crippen MR) is 94.1 cm³/mol. The summed E-state index contributed by atoms with van der Waals surface area (Å²) in [5.41, 5.74) is 4.68. The molecule has 2 aromatic heterocycles. The molecule has 0 aliphatic rings. The Morgan fingerprint density at radius 3 is 2.62 bits per heavy atom. The van der Waals surface area contributed by atoms with Crippen LogP contribution in [0, 0.1) is 13.8 Å². The second-order valence-electron chi connectivity index (χ2n) is 5.40. The summed E-state index contributed by atoms with van der Waals surface area (Å²) >= 11 is 5.94. The number of rotatable bonds is 3. The van der Waals surface area contributed by atoms with Gasteiger partial charge in [-0.15, -0.1) is 0 Å². The highest BCUT2D eigenvalue weighted by Gasteiger charge is 2.10. The van der Waals surface area contributed by atoms with Gasteiger partial charge in [0.2, 0.25) is 0 Å². The fraction of sp³-hybridized carbons (Fsp3) is 0.111. The summed E-state index contributed by atoms with van der Waals surface area (Å²) < 4.78 is 0. The van der Waals surface area contributed by atoms with Gasteiger partial charge >= 0.3 is 0 Å². The third kappa shape index (κ3) is 3.58. The van der Waals surface area contributed by atoms with Crippen molar-refractivity contribution in [3.63, 3.8) is 0 Å². The quantitative estimate of drug-likeness (QED) is 0.731. The summed E-state index contributed by atoms with van der Waals surface area (Å²) in [5, 5.41) is 3.27. The van der Waals surface area contributed by atoms with Crippen molar-refractivity contribution >= 4 is 23.2 Å². The minimum absolute atomic E-state index is 0.184. The first-order valence-electron chi connectivity index (χ1n) is 7.35. The molecular formula is C18H15ClN4O. The van der Waals surface area contributed by atoms with Gasteiger partial charge < -0.3 is 5.32 Å². The molecule has 0 aliphatic heterocycles. The van der Waals surface area contributed by atoms with Crippen LogP contribution in [0.2, 0.25) is 5.15 Å². The number of halogens is 1. The molecule has 0 fully saturated rings. The molecule has 6 heteroatoms. The standard InChI is InChI=1S/C18H15ClN4O/c1-11-3-4-14(8-15(11)16-9-17(19)22-10-21-16)23-18(24)13-5-6-20-12(2)7-13/h3-10H,1-2H3,(H,23,24). The number of hydrogen-bond acceptors (Lipinski definition) is 4. The van der Waals surface area contributed by atoms with Crippen molar-refractivity contribution in [3.05, 3.63) is 70.9 Å². The number of benzene rings is 1.